The van der Waals surface area contributed by atoms with Gasteiger partial charge in [-0.05, 0) is 85.0 Å². The number of fused-ring (bicyclic) bond motifs is 2. The summed E-state index contributed by atoms with van der Waals surface area (Å²) in [6.45, 7) is 1.47. The zero-order valence-electron chi connectivity index (χ0n) is 35.2. The second-order valence-electron chi connectivity index (χ2n) is 15.4. The molecular formula is C46H43ClF3N7O9. The number of imidazole rings is 1. The summed E-state index contributed by atoms with van der Waals surface area (Å²) >= 11 is 6.13. The van der Waals surface area contributed by atoms with E-state index in [4.69, 9.17) is 30.5 Å². The number of hydrogen-bond donors (Lipinski definition) is 4. The Bertz CT molecular complexity index is 2810. The zero-order valence-corrected chi connectivity index (χ0v) is 35.9. The number of carbonyl (C=O) groups is 4. The molecule has 2 aliphatic rings. The van der Waals surface area contributed by atoms with Crippen LogP contribution in [0.25, 0.3) is 28.2 Å². The van der Waals surface area contributed by atoms with Crippen molar-refractivity contribution in [1.29, 1.82) is 0 Å². The van der Waals surface area contributed by atoms with Gasteiger partial charge in [-0.15, -0.1) is 0 Å². The number of aromatic nitrogens is 4. The summed E-state index contributed by atoms with van der Waals surface area (Å²) in [5.74, 6) is -0.411. The molecule has 4 aromatic carbocycles. The van der Waals surface area contributed by atoms with Gasteiger partial charge >= 0.3 is 6.18 Å². The molecule has 0 spiro atoms. The van der Waals surface area contributed by atoms with Gasteiger partial charge in [-0.3, -0.25) is 34.4 Å². The van der Waals surface area contributed by atoms with Crippen LogP contribution in [-0.4, -0.2) is 101 Å². The number of hydrogen-bond acceptors (Lipinski definition) is 10. The molecule has 0 bridgehead atoms. The first-order valence-corrected chi connectivity index (χ1v) is 21.4. The molecule has 1 saturated heterocycles. The average molecular weight is 930 g/mol. The van der Waals surface area contributed by atoms with E-state index in [0.29, 0.717) is 75.1 Å². The van der Waals surface area contributed by atoms with Crippen LogP contribution in [0.4, 0.5) is 13.2 Å². The standard InChI is InChI=1S/C46H43ClF3N7O9/c47-30-11-15-35-36(24-30)53-45(52-35)57-44(62)33(41(55-57)28-7-9-29(10-8-28)46(48,49)50)14-6-27-4-12-31(13-5-27)65-23-22-64-21-20-63-19-18-51-40(59)26-66-38-3-1-2-32-34(38)25-56(43(32)61)37-16-17-39(58)54-42(37)60/h1-5,7-13,15,24,37,55H,6,14,16-23,25-26H2,(H,51,59)(H,52,53)(H,54,58,60). The predicted molar refractivity (Wildman–Crippen MR) is 233 cm³/mol. The average Bonchev–Trinajstić information content (AvgIpc) is 3.98. The molecular weight excluding hydrogens is 887 g/mol. The van der Waals surface area contributed by atoms with Crippen LogP contribution < -0.4 is 25.7 Å². The number of ether oxygens (including phenoxy) is 4. The number of carbonyl (C=O) groups excluding carboxylic acids is 4. The monoisotopic (exact) mass is 929 g/mol. The smallest absolute Gasteiger partial charge is 0.416 e. The van der Waals surface area contributed by atoms with Crippen molar-refractivity contribution < 1.29 is 51.3 Å². The third-order valence-corrected chi connectivity index (χ3v) is 11.3. The van der Waals surface area contributed by atoms with Crippen molar-refractivity contribution in [2.45, 2.75) is 44.4 Å². The summed E-state index contributed by atoms with van der Waals surface area (Å²) in [6, 6.07) is 21.2. The molecule has 6 aromatic rings. The first kappa shape index (κ1) is 45.6. The van der Waals surface area contributed by atoms with Crippen LogP contribution in [0.15, 0.2) is 89.7 Å². The number of piperidine rings is 1. The Morgan fingerprint density at radius 2 is 1.64 bits per heavy atom. The number of benzene rings is 4. The van der Waals surface area contributed by atoms with Crippen molar-refractivity contribution in [3.63, 3.8) is 0 Å². The maximum Gasteiger partial charge on any atom is 0.416 e. The summed E-state index contributed by atoms with van der Waals surface area (Å²) in [4.78, 5) is 72.2. The third kappa shape index (κ3) is 10.6. The minimum atomic E-state index is -4.51. The van der Waals surface area contributed by atoms with Crippen LogP contribution in [0.2, 0.25) is 5.02 Å². The van der Waals surface area contributed by atoms with Crippen LogP contribution >= 0.6 is 11.6 Å². The van der Waals surface area contributed by atoms with E-state index in [1.807, 2.05) is 12.1 Å². The van der Waals surface area contributed by atoms with E-state index in [1.165, 1.54) is 21.7 Å². The zero-order chi connectivity index (χ0) is 46.4. The number of aryl methyl sites for hydroxylation is 1. The molecule has 1 fully saturated rings. The minimum Gasteiger partial charge on any atom is -0.491 e. The lowest BCUT2D eigenvalue weighted by atomic mass is 10.0. The Kier molecular flexibility index (Phi) is 13.9. The van der Waals surface area contributed by atoms with Crippen LogP contribution in [0, 0.1) is 0 Å². The first-order chi connectivity index (χ1) is 31.8. The normalized spacial score (nSPS) is 15.0. The number of nitrogens with zero attached hydrogens (tertiary/aromatic N) is 3. The highest BCUT2D eigenvalue weighted by Gasteiger charge is 2.40. The molecule has 4 amide bonds. The molecule has 16 nitrogen and oxygen atoms in total. The van der Waals surface area contributed by atoms with Crippen molar-refractivity contribution >= 4 is 46.3 Å². The van der Waals surface area contributed by atoms with Crippen molar-refractivity contribution in [1.82, 2.24) is 35.3 Å². The third-order valence-electron chi connectivity index (χ3n) is 11.1. The SMILES string of the molecule is O=C(COc1cccc2c1CN(C1CCC(=O)NC1=O)C2=O)NCCOCCOCCOc1ccc(CCc2c(-c3ccc(C(F)(F)F)cc3)[nH]n(-c3nc4ccc(Cl)cc4[nH]3)c2=O)cc1. The number of imide groups is 1. The van der Waals surface area contributed by atoms with Crippen LogP contribution in [0.3, 0.4) is 0 Å². The van der Waals surface area contributed by atoms with Gasteiger partial charge in [-0.25, -0.2) is 4.98 Å². The minimum absolute atomic E-state index is 0.128. The topological polar surface area (TPSA) is 199 Å². The molecule has 66 heavy (non-hydrogen) atoms. The van der Waals surface area contributed by atoms with Gasteiger partial charge in [-0.2, -0.15) is 17.9 Å². The highest BCUT2D eigenvalue weighted by molar-refractivity contribution is 6.31. The second-order valence-corrected chi connectivity index (χ2v) is 15.9. The molecule has 20 heteroatoms. The molecule has 1 atom stereocenters. The number of nitrogens with one attached hydrogen (secondary N) is 4. The highest BCUT2D eigenvalue weighted by atomic mass is 35.5. The molecule has 2 aliphatic heterocycles. The lowest BCUT2D eigenvalue weighted by Gasteiger charge is -2.29. The molecule has 0 saturated carbocycles. The van der Waals surface area contributed by atoms with E-state index in [9.17, 15) is 37.1 Å². The molecule has 8 rings (SSSR count). The van der Waals surface area contributed by atoms with Crippen LogP contribution in [0.5, 0.6) is 11.5 Å². The molecule has 344 valence electrons. The Hall–Kier alpha value is -6.96. The Morgan fingerprint density at radius 1 is 0.879 bits per heavy atom. The van der Waals surface area contributed by atoms with E-state index >= 15 is 0 Å². The fourth-order valence-corrected chi connectivity index (χ4v) is 7.88. The molecule has 4 heterocycles. The summed E-state index contributed by atoms with van der Waals surface area (Å²) in [7, 11) is 0. The number of aromatic amines is 2. The van der Waals surface area contributed by atoms with Crippen LogP contribution in [-0.2, 0) is 49.4 Å². The van der Waals surface area contributed by atoms with Crippen LogP contribution in [0.1, 0.15) is 45.5 Å². The van der Waals surface area contributed by atoms with Gasteiger partial charge in [0.25, 0.3) is 17.4 Å². The first-order valence-electron chi connectivity index (χ1n) is 21.0. The molecule has 0 aliphatic carbocycles. The number of alkyl halides is 3. The van der Waals surface area contributed by atoms with E-state index in [-0.39, 0.29) is 82.4 Å². The summed E-state index contributed by atoms with van der Waals surface area (Å²) < 4.78 is 63.9. The molecule has 4 N–H and O–H groups in total. The lowest BCUT2D eigenvalue weighted by Crippen LogP contribution is -2.52. The maximum absolute atomic E-state index is 13.8. The fraction of sp³-hybridized carbons (Fsp3) is 0.304. The molecule has 0 radical (unpaired) electrons. The Balaban J connectivity index is 0.736. The Morgan fingerprint density at radius 3 is 2.39 bits per heavy atom. The van der Waals surface area contributed by atoms with Gasteiger partial charge in [0.1, 0.15) is 24.1 Å². The molecule has 1 unspecified atom stereocenters. The van der Waals surface area contributed by atoms with Gasteiger partial charge < -0.3 is 34.1 Å². The van der Waals surface area contributed by atoms with Crippen molar-refractivity contribution in [2.75, 3.05) is 46.2 Å². The largest absolute Gasteiger partial charge is 0.491 e. The summed E-state index contributed by atoms with van der Waals surface area (Å²) in [6.07, 6.45) is -3.40. The summed E-state index contributed by atoms with van der Waals surface area (Å²) in [5, 5.41) is 8.53. The quantitative estimate of drug-likeness (QED) is 0.0592. The highest BCUT2D eigenvalue weighted by Crippen LogP contribution is 2.34. The van der Waals surface area contributed by atoms with E-state index < -0.39 is 29.2 Å². The van der Waals surface area contributed by atoms with Crippen molar-refractivity contribution in [2.24, 2.45) is 0 Å². The maximum atomic E-state index is 13.8. The predicted octanol–water partition coefficient (Wildman–Crippen LogP) is 5.53. The van der Waals surface area contributed by atoms with E-state index in [1.54, 1.807) is 48.5 Å². The second kappa shape index (κ2) is 20.1. The van der Waals surface area contributed by atoms with Gasteiger partial charge in [-0.1, -0.05) is 41.9 Å². The fourth-order valence-electron chi connectivity index (χ4n) is 7.70. The number of halogens is 4. The van der Waals surface area contributed by atoms with Gasteiger partial charge in [0.2, 0.25) is 17.8 Å². The van der Waals surface area contributed by atoms with Crippen molar-refractivity contribution in [3.8, 4) is 28.7 Å². The number of H-pyrrole nitrogens is 2. The van der Waals surface area contributed by atoms with E-state index in [2.05, 4.69) is 25.7 Å². The number of amides is 4. The lowest BCUT2D eigenvalue weighted by molar-refractivity contribution is -0.138. The van der Waals surface area contributed by atoms with E-state index in [0.717, 1.165) is 17.7 Å². The molecule has 2 aromatic heterocycles. The van der Waals surface area contributed by atoms with Gasteiger partial charge in [0.15, 0.2) is 6.61 Å². The van der Waals surface area contributed by atoms with Crippen molar-refractivity contribution in [3.05, 3.63) is 128 Å². The van der Waals surface area contributed by atoms with Gasteiger partial charge in [0.05, 0.1) is 55.3 Å². The number of rotatable bonds is 19. The Labute approximate surface area is 379 Å². The summed E-state index contributed by atoms with van der Waals surface area (Å²) in [5.41, 5.74) is 3.02. The van der Waals surface area contributed by atoms with Gasteiger partial charge in [0, 0.05) is 34.7 Å².